The van der Waals surface area contributed by atoms with Crippen LogP contribution in [-0.2, 0) is 4.74 Å². The van der Waals surface area contributed by atoms with E-state index < -0.39 is 16.1 Å². The molecule has 1 aliphatic rings. The Hall–Kier alpha value is -3.26. The number of fused-ring (bicyclic) bond motifs is 1. The average molecular weight is 369 g/mol. The van der Waals surface area contributed by atoms with E-state index in [1.54, 1.807) is 11.1 Å². The van der Waals surface area contributed by atoms with Gasteiger partial charge in [-0.3, -0.25) is 20.2 Å². The first-order valence-electron chi connectivity index (χ1n) is 8.63. The summed E-state index contributed by atoms with van der Waals surface area (Å²) in [5, 5.41) is 22.5. The van der Waals surface area contributed by atoms with E-state index in [4.69, 9.17) is 4.74 Å². The third-order valence-corrected chi connectivity index (χ3v) is 4.35. The van der Waals surface area contributed by atoms with E-state index in [-0.39, 0.29) is 17.1 Å². The summed E-state index contributed by atoms with van der Waals surface area (Å²) in [6, 6.07) is 11.3. The zero-order valence-corrected chi connectivity index (χ0v) is 14.8. The highest BCUT2D eigenvalue weighted by atomic mass is 16.6. The van der Waals surface area contributed by atoms with Gasteiger partial charge in [-0.2, -0.15) is 0 Å². The maximum Gasteiger partial charge on any atom is 0.299 e. The topological polar surface area (TPSA) is 98.8 Å². The summed E-state index contributed by atoms with van der Waals surface area (Å²) in [6.07, 6.45) is 4.84. The monoisotopic (exact) mass is 369 g/mol. The van der Waals surface area contributed by atoms with Crippen LogP contribution in [0.25, 0.3) is 6.08 Å². The van der Waals surface area contributed by atoms with Crippen LogP contribution in [0.2, 0.25) is 0 Å². The number of nitro benzene ring substituents is 2. The molecule has 1 unspecified atom stereocenters. The number of ether oxygens (including phenoxy) is 1. The van der Waals surface area contributed by atoms with Gasteiger partial charge in [-0.15, -0.1) is 0 Å². The van der Waals surface area contributed by atoms with Crippen molar-refractivity contribution >= 4 is 23.1 Å². The molecule has 3 rings (SSSR count). The molecular weight excluding hydrogens is 350 g/mol. The molecular formula is C19H19N3O5. The molecule has 8 nitrogen and oxygen atoms in total. The lowest BCUT2D eigenvalue weighted by Gasteiger charge is -2.34. The molecule has 0 bridgehead atoms. The number of non-ortho nitro benzene ring substituents is 1. The van der Waals surface area contributed by atoms with Crippen LogP contribution < -0.4 is 4.90 Å². The summed E-state index contributed by atoms with van der Waals surface area (Å²) in [5.74, 6) is 0. The number of hydrogen-bond acceptors (Lipinski definition) is 6. The van der Waals surface area contributed by atoms with Crippen molar-refractivity contribution in [1.82, 2.24) is 0 Å². The Labute approximate surface area is 156 Å². The van der Waals surface area contributed by atoms with Crippen LogP contribution in [0.3, 0.4) is 0 Å². The van der Waals surface area contributed by atoms with E-state index in [9.17, 15) is 20.2 Å². The quantitative estimate of drug-likeness (QED) is 0.394. The van der Waals surface area contributed by atoms with Crippen molar-refractivity contribution in [3.05, 3.63) is 80.0 Å². The molecule has 140 valence electrons. The van der Waals surface area contributed by atoms with Crippen molar-refractivity contribution in [3.8, 4) is 0 Å². The first-order valence-corrected chi connectivity index (χ1v) is 8.63. The molecule has 0 saturated heterocycles. The van der Waals surface area contributed by atoms with E-state index in [0.717, 1.165) is 30.0 Å². The van der Waals surface area contributed by atoms with Crippen LogP contribution in [0.1, 0.15) is 37.1 Å². The van der Waals surface area contributed by atoms with Gasteiger partial charge in [0, 0.05) is 24.4 Å². The predicted octanol–water partition coefficient (Wildman–Crippen LogP) is 4.81. The SMILES string of the molecule is CCCCOC1c2ccccc2C=CN1c1ccc([N+](=O)[O-])cc1[N+](=O)[O-]. The van der Waals surface area contributed by atoms with Gasteiger partial charge in [-0.05, 0) is 24.1 Å². The molecule has 2 aromatic rings. The molecule has 1 atom stereocenters. The predicted molar refractivity (Wildman–Crippen MR) is 101 cm³/mol. The molecule has 0 fully saturated rings. The Bertz CT molecular complexity index is 897. The smallest absolute Gasteiger partial charge is 0.299 e. The Kier molecular flexibility index (Phi) is 5.46. The van der Waals surface area contributed by atoms with Crippen molar-refractivity contribution in [1.29, 1.82) is 0 Å². The Morgan fingerprint density at radius 1 is 1.11 bits per heavy atom. The van der Waals surface area contributed by atoms with Gasteiger partial charge in [-0.25, -0.2) is 0 Å². The van der Waals surface area contributed by atoms with Crippen LogP contribution in [0.5, 0.6) is 0 Å². The summed E-state index contributed by atoms with van der Waals surface area (Å²) >= 11 is 0. The Balaban J connectivity index is 2.06. The second-order valence-electron chi connectivity index (χ2n) is 6.12. The summed E-state index contributed by atoms with van der Waals surface area (Å²) in [7, 11) is 0. The molecule has 0 spiro atoms. The minimum atomic E-state index is -0.645. The number of nitrogens with zero attached hydrogens (tertiary/aromatic N) is 3. The summed E-state index contributed by atoms with van der Waals surface area (Å²) < 4.78 is 6.05. The van der Waals surface area contributed by atoms with Gasteiger partial charge in [0.2, 0.25) is 0 Å². The maximum atomic E-state index is 11.5. The Morgan fingerprint density at radius 3 is 2.59 bits per heavy atom. The van der Waals surface area contributed by atoms with Gasteiger partial charge < -0.3 is 9.64 Å². The molecule has 0 N–H and O–H groups in total. The fourth-order valence-electron chi connectivity index (χ4n) is 2.98. The van der Waals surface area contributed by atoms with Gasteiger partial charge >= 0.3 is 0 Å². The zero-order chi connectivity index (χ0) is 19.4. The fourth-order valence-corrected chi connectivity index (χ4v) is 2.98. The largest absolute Gasteiger partial charge is 0.354 e. The normalized spacial score (nSPS) is 15.4. The van der Waals surface area contributed by atoms with Crippen molar-refractivity contribution in [3.63, 3.8) is 0 Å². The van der Waals surface area contributed by atoms with E-state index in [2.05, 4.69) is 6.92 Å². The van der Waals surface area contributed by atoms with Crippen LogP contribution in [0.15, 0.2) is 48.7 Å². The number of nitro groups is 2. The number of benzene rings is 2. The number of anilines is 1. The first kappa shape index (κ1) is 18.5. The summed E-state index contributed by atoms with van der Waals surface area (Å²) in [4.78, 5) is 22.9. The second kappa shape index (κ2) is 7.96. The van der Waals surface area contributed by atoms with Gasteiger partial charge in [0.15, 0.2) is 6.23 Å². The van der Waals surface area contributed by atoms with E-state index >= 15 is 0 Å². The van der Waals surface area contributed by atoms with Gasteiger partial charge in [0.05, 0.1) is 15.9 Å². The van der Waals surface area contributed by atoms with Crippen molar-refractivity contribution in [2.75, 3.05) is 11.5 Å². The van der Waals surface area contributed by atoms with Crippen molar-refractivity contribution < 1.29 is 14.6 Å². The number of hydrogen-bond donors (Lipinski definition) is 0. The molecule has 0 saturated carbocycles. The second-order valence-corrected chi connectivity index (χ2v) is 6.12. The molecule has 0 amide bonds. The molecule has 2 aromatic carbocycles. The van der Waals surface area contributed by atoms with Crippen LogP contribution in [0.4, 0.5) is 17.1 Å². The number of unbranched alkanes of at least 4 members (excludes halogenated alkanes) is 1. The highest BCUT2D eigenvalue weighted by molar-refractivity contribution is 5.73. The highest BCUT2D eigenvalue weighted by Crippen LogP contribution is 2.40. The molecule has 1 aliphatic heterocycles. The highest BCUT2D eigenvalue weighted by Gasteiger charge is 2.31. The van der Waals surface area contributed by atoms with E-state index in [1.165, 1.54) is 12.1 Å². The summed E-state index contributed by atoms with van der Waals surface area (Å²) in [6.45, 7) is 2.55. The lowest BCUT2D eigenvalue weighted by atomic mass is 10.0. The maximum absolute atomic E-state index is 11.5. The fraction of sp³-hybridized carbons (Fsp3) is 0.263. The van der Waals surface area contributed by atoms with Gasteiger partial charge in [-0.1, -0.05) is 37.6 Å². The third-order valence-electron chi connectivity index (χ3n) is 4.35. The molecule has 8 heteroatoms. The molecule has 27 heavy (non-hydrogen) atoms. The minimum Gasteiger partial charge on any atom is -0.354 e. The van der Waals surface area contributed by atoms with Crippen molar-refractivity contribution in [2.24, 2.45) is 0 Å². The number of rotatable bonds is 7. The van der Waals surface area contributed by atoms with Crippen molar-refractivity contribution in [2.45, 2.75) is 26.0 Å². The third kappa shape index (κ3) is 3.80. The van der Waals surface area contributed by atoms with Gasteiger partial charge in [0.25, 0.3) is 11.4 Å². The lowest BCUT2D eigenvalue weighted by molar-refractivity contribution is -0.393. The summed E-state index contributed by atoms with van der Waals surface area (Å²) in [5.41, 5.74) is 1.45. The molecule has 1 heterocycles. The van der Waals surface area contributed by atoms with Crippen LogP contribution >= 0.6 is 0 Å². The Morgan fingerprint density at radius 2 is 1.89 bits per heavy atom. The first-order chi connectivity index (χ1) is 13.0. The van der Waals surface area contributed by atoms with E-state index in [1.807, 2.05) is 30.3 Å². The van der Waals surface area contributed by atoms with E-state index in [0.29, 0.717) is 6.61 Å². The molecule has 0 aromatic heterocycles. The van der Waals surface area contributed by atoms with Gasteiger partial charge in [0.1, 0.15) is 5.69 Å². The molecule has 0 radical (unpaired) electrons. The lowest BCUT2D eigenvalue weighted by Crippen LogP contribution is -2.29. The standard InChI is InChI=1S/C19H19N3O5/c1-2-3-12-27-19-16-7-5-4-6-14(16)10-11-20(19)17-9-8-15(21(23)24)13-18(17)22(25)26/h4-11,13,19H,2-3,12H2,1H3. The van der Waals surface area contributed by atoms with Crippen LogP contribution in [-0.4, -0.2) is 16.5 Å². The zero-order valence-electron chi connectivity index (χ0n) is 14.8. The average Bonchev–Trinajstić information content (AvgIpc) is 2.67. The molecule has 0 aliphatic carbocycles. The van der Waals surface area contributed by atoms with Crippen LogP contribution in [0, 0.1) is 20.2 Å². The minimum absolute atomic E-state index is 0.248.